The Morgan fingerprint density at radius 1 is 0.938 bits per heavy atom. The number of aryl methyl sites for hydroxylation is 1. The van der Waals surface area contributed by atoms with Crippen molar-refractivity contribution in [3.8, 4) is 0 Å². The van der Waals surface area contributed by atoms with Gasteiger partial charge in [-0.15, -0.1) is 0 Å². The number of amides is 1. The number of unbranched alkanes of at least 4 members (excludes halogenated alkanes) is 9. The molecule has 5 nitrogen and oxygen atoms in total. The SMILES string of the molecule is Nc1ncccc1C(=O)NCCCCCCCCCCCCn1ccc2ccc(I)cc21. The summed E-state index contributed by atoms with van der Waals surface area (Å²) < 4.78 is 3.70. The molecule has 0 aliphatic heterocycles. The summed E-state index contributed by atoms with van der Waals surface area (Å²) in [5, 5.41) is 4.27. The molecular weight excluding hydrogens is 511 g/mol. The summed E-state index contributed by atoms with van der Waals surface area (Å²) in [4.78, 5) is 16.0. The summed E-state index contributed by atoms with van der Waals surface area (Å²) in [6.45, 7) is 1.82. The monoisotopic (exact) mass is 546 g/mol. The quantitative estimate of drug-likeness (QED) is 0.178. The van der Waals surface area contributed by atoms with Gasteiger partial charge in [0.2, 0.25) is 0 Å². The first-order valence-corrected chi connectivity index (χ1v) is 13.0. The van der Waals surface area contributed by atoms with E-state index in [1.807, 2.05) is 0 Å². The highest BCUT2D eigenvalue weighted by molar-refractivity contribution is 14.1. The highest BCUT2D eigenvalue weighted by Crippen LogP contribution is 2.20. The van der Waals surface area contributed by atoms with Crippen LogP contribution in [0.1, 0.15) is 74.6 Å². The zero-order valence-corrected chi connectivity index (χ0v) is 21.0. The fraction of sp³-hybridized carbons (Fsp3) is 0.462. The van der Waals surface area contributed by atoms with Crippen molar-refractivity contribution in [1.29, 1.82) is 0 Å². The topological polar surface area (TPSA) is 72.9 Å². The minimum atomic E-state index is -0.129. The lowest BCUT2D eigenvalue weighted by molar-refractivity contribution is 0.0953. The van der Waals surface area contributed by atoms with Gasteiger partial charge in [-0.2, -0.15) is 0 Å². The Morgan fingerprint density at radius 2 is 1.62 bits per heavy atom. The Kier molecular flexibility index (Phi) is 10.3. The molecule has 0 saturated heterocycles. The molecule has 172 valence electrons. The van der Waals surface area contributed by atoms with Crippen LogP contribution in [0.5, 0.6) is 0 Å². The lowest BCUT2D eigenvalue weighted by Crippen LogP contribution is -2.25. The number of nitrogens with one attached hydrogen (secondary N) is 1. The second kappa shape index (κ2) is 13.5. The minimum Gasteiger partial charge on any atom is -0.383 e. The van der Waals surface area contributed by atoms with E-state index in [-0.39, 0.29) is 11.7 Å². The van der Waals surface area contributed by atoms with Crippen molar-refractivity contribution in [2.24, 2.45) is 0 Å². The van der Waals surface area contributed by atoms with E-state index in [1.165, 1.54) is 65.8 Å². The first-order chi connectivity index (χ1) is 15.6. The van der Waals surface area contributed by atoms with E-state index in [4.69, 9.17) is 5.73 Å². The molecule has 32 heavy (non-hydrogen) atoms. The lowest BCUT2D eigenvalue weighted by atomic mass is 10.1. The maximum Gasteiger partial charge on any atom is 0.255 e. The third kappa shape index (κ3) is 7.80. The van der Waals surface area contributed by atoms with Crippen molar-refractivity contribution in [3.63, 3.8) is 0 Å². The van der Waals surface area contributed by atoms with Gasteiger partial charge in [-0.1, -0.05) is 57.4 Å². The van der Waals surface area contributed by atoms with Crippen LogP contribution in [0.25, 0.3) is 10.9 Å². The van der Waals surface area contributed by atoms with Crippen molar-refractivity contribution in [2.45, 2.75) is 70.8 Å². The molecule has 0 atom stereocenters. The van der Waals surface area contributed by atoms with Crippen LogP contribution in [0, 0.1) is 3.57 Å². The number of rotatable bonds is 14. The molecule has 0 fully saturated rings. The molecule has 2 aromatic heterocycles. The fourth-order valence-electron chi connectivity index (χ4n) is 4.08. The highest BCUT2D eigenvalue weighted by atomic mass is 127. The van der Waals surface area contributed by atoms with Gasteiger partial charge in [0, 0.05) is 34.6 Å². The number of pyridine rings is 1. The van der Waals surface area contributed by atoms with Gasteiger partial charge in [-0.25, -0.2) is 4.98 Å². The normalized spacial score (nSPS) is 11.2. The van der Waals surface area contributed by atoms with Gasteiger partial charge in [-0.3, -0.25) is 4.79 Å². The van der Waals surface area contributed by atoms with E-state index in [2.05, 4.69) is 67.9 Å². The molecule has 0 aliphatic carbocycles. The molecular formula is C26H35IN4O. The fourth-order valence-corrected chi connectivity index (χ4v) is 4.55. The van der Waals surface area contributed by atoms with Crippen LogP contribution >= 0.6 is 22.6 Å². The van der Waals surface area contributed by atoms with Gasteiger partial charge in [0.05, 0.1) is 5.56 Å². The zero-order valence-electron chi connectivity index (χ0n) is 18.9. The molecule has 3 N–H and O–H groups in total. The molecule has 2 heterocycles. The number of nitrogens with zero attached hydrogens (tertiary/aromatic N) is 2. The Bertz CT molecular complexity index is 985. The van der Waals surface area contributed by atoms with Gasteiger partial charge in [0.15, 0.2) is 0 Å². The van der Waals surface area contributed by atoms with Crippen LogP contribution in [-0.2, 0) is 6.54 Å². The van der Waals surface area contributed by atoms with Crippen molar-refractivity contribution < 1.29 is 4.79 Å². The van der Waals surface area contributed by atoms with Gasteiger partial charge in [0.1, 0.15) is 5.82 Å². The van der Waals surface area contributed by atoms with Crippen molar-refractivity contribution in [3.05, 3.63) is 57.9 Å². The number of benzene rings is 1. The third-order valence-electron chi connectivity index (χ3n) is 5.93. The maximum atomic E-state index is 12.1. The van der Waals surface area contributed by atoms with Crippen LogP contribution in [0.15, 0.2) is 48.8 Å². The number of anilines is 1. The molecule has 0 spiro atoms. The van der Waals surface area contributed by atoms with E-state index in [1.54, 1.807) is 18.3 Å². The van der Waals surface area contributed by atoms with E-state index in [0.717, 1.165) is 19.4 Å². The Morgan fingerprint density at radius 3 is 2.34 bits per heavy atom. The number of nitrogen functional groups attached to an aromatic ring is 1. The summed E-state index contributed by atoms with van der Waals surface area (Å²) >= 11 is 2.39. The Labute approximate surface area is 205 Å². The Balaban J connectivity index is 1.14. The third-order valence-corrected chi connectivity index (χ3v) is 6.60. The predicted octanol–water partition coefficient (Wildman–Crippen LogP) is 6.55. The van der Waals surface area contributed by atoms with Crippen LogP contribution in [-0.4, -0.2) is 22.0 Å². The standard InChI is InChI=1S/C26H35IN4O/c27-22-14-13-21-15-19-31(24(21)20-22)18-10-8-6-4-2-1-3-5-7-9-16-30-26(32)23-12-11-17-29-25(23)28/h11-15,17,19-20H,1-10,16,18H2,(H2,28,29)(H,30,32). The predicted molar refractivity (Wildman–Crippen MR) is 142 cm³/mol. The number of carbonyl (C=O) groups is 1. The zero-order chi connectivity index (χ0) is 22.6. The Hall–Kier alpha value is -2.09. The van der Waals surface area contributed by atoms with Crippen LogP contribution < -0.4 is 11.1 Å². The molecule has 0 radical (unpaired) electrons. The summed E-state index contributed by atoms with van der Waals surface area (Å²) in [6.07, 6.45) is 16.4. The van der Waals surface area contributed by atoms with E-state index < -0.39 is 0 Å². The van der Waals surface area contributed by atoms with Gasteiger partial charge in [0.25, 0.3) is 5.91 Å². The molecule has 1 amide bonds. The van der Waals surface area contributed by atoms with Crippen LogP contribution in [0.3, 0.4) is 0 Å². The molecule has 0 saturated carbocycles. The van der Waals surface area contributed by atoms with Crippen molar-refractivity contribution in [1.82, 2.24) is 14.9 Å². The average molecular weight is 546 g/mol. The van der Waals surface area contributed by atoms with Crippen molar-refractivity contribution in [2.75, 3.05) is 12.3 Å². The molecule has 3 rings (SSSR count). The van der Waals surface area contributed by atoms with Gasteiger partial charge >= 0.3 is 0 Å². The highest BCUT2D eigenvalue weighted by Gasteiger charge is 2.08. The van der Waals surface area contributed by atoms with Crippen LogP contribution in [0.4, 0.5) is 5.82 Å². The largest absolute Gasteiger partial charge is 0.383 e. The maximum absolute atomic E-state index is 12.1. The van der Waals surface area contributed by atoms with Gasteiger partial charge in [-0.05, 0) is 71.2 Å². The summed E-state index contributed by atoms with van der Waals surface area (Å²) in [5.74, 6) is 0.160. The number of halogens is 1. The first-order valence-electron chi connectivity index (χ1n) is 11.9. The van der Waals surface area contributed by atoms with E-state index >= 15 is 0 Å². The molecule has 3 aromatic rings. The molecule has 6 heteroatoms. The minimum absolute atomic E-state index is 0.129. The summed E-state index contributed by atoms with van der Waals surface area (Å²) in [6, 6.07) is 12.3. The average Bonchev–Trinajstić information content (AvgIpc) is 3.19. The number of nitrogens with two attached hydrogens (primary N) is 1. The van der Waals surface area contributed by atoms with Crippen LogP contribution in [0.2, 0.25) is 0 Å². The van der Waals surface area contributed by atoms with Crippen molar-refractivity contribution >= 4 is 45.2 Å². The molecule has 1 aromatic carbocycles. The smallest absolute Gasteiger partial charge is 0.255 e. The molecule has 0 bridgehead atoms. The summed E-state index contributed by atoms with van der Waals surface area (Å²) in [5.41, 5.74) is 7.55. The molecule has 0 aliphatic rings. The second-order valence-corrected chi connectivity index (χ2v) is 9.69. The number of fused-ring (bicyclic) bond motifs is 1. The number of hydrogen-bond acceptors (Lipinski definition) is 3. The van der Waals surface area contributed by atoms with E-state index in [0.29, 0.717) is 12.1 Å². The van der Waals surface area contributed by atoms with E-state index in [9.17, 15) is 4.79 Å². The number of carbonyl (C=O) groups excluding carboxylic acids is 1. The molecule has 0 unspecified atom stereocenters. The number of aromatic nitrogens is 2. The van der Waals surface area contributed by atoms with Gasteiger partial charge < -0.3 is 15.6 Å². The first kappa shape index (κ1) is 24.6. The summed E-state index contributed by atoms with van der Waals surface area (Å²) in [7, 11) is 0. The second-order valence-electron chi connectivity index (χ2n) is 8.44. The lowest BCUT2D eigenvalue weighted by Gasteiger charge is -2.07. The number of hydrogen-bond donors (Lipinski definition) is 2.